The minimum absolute atomic E-state index is 0.0508. The zero-order valence-corrected chi connectivity index (χ0v) is 23.7. The maximum absolute atomic E-state index is 12.2. The van der Waals surface area contributed by atoms with Crippen molar-refractivity contribution in [2.75, 3.05) is 13.2 Å². The number of fused-ring (bicyclic) bond motifs is 3. The van der Waals surface area contributed by atoms with E-state index < -0.39 is 84.6 Å². The van der Waals surface area contributed by atoms with Crippen LogP contribution in [0.2, 0.25) is 0 Å². The molecule has 1 saturated carbocycles. The smallest absolute Gasteiger partial charge is 0.147 e. The molecule has 1 aliphatic carbocycles. The van der Waals surface area contributed by atoms with Crippen LogP contribution in [0.4, 0.5) is 0 Å². The second kappa shape index (κ2) is 11.8. The van der Waals surface area contributed by atoms with Crippen molar-refractivity contribution in [3.8, 4) is 34.8 Å². The van der Waals surface area contributed by atoms with Gasteiger partial charge in [-0.1, -0.05) is 46.1 Å². The van der Waals surface area contributed by atoms with Crippen LogP contribution < -0.4 is 0 Å². The van der Waals surface area contributed by atoms with Crippen molar-refractivity contribution >= 4 is 10.3 Å². The van der Waals surface area contributed by atoms with Crippen molar-refractivity contribution in [2.24, 2.45) is 0 Å². The van der Waals surface area contributed by atoms with E-state index >= 15 is 0 Å². The van der Waals surface area contributed by atoms with E-state index in [4.69, 9.17) is 9.47 Å². The van der Waals surface area contributed by atoms with Gasteiger partial charge in [-0.05, 0) is 48.2 Å². The third-order valence-corrected chi connectivity index (χ3v) is 11.9. The largest absolute Gasteiger partial charge is 0.394 e. The van der Waals surface area contributed by atoms with Crippen molar-refractivity contribution in [1.82, 2.24) is 0 Å². The second-order valence-corrected chi connectivity index (χ2v) is 14.1. The molecule has 12 heteroatoms. The van der Waals surface area contributed by atoms with Gasteiger partial charge in [-0.25, -0.2) is 0 Å². The number of hydrogen-bond acceptors (Lipinski definition) is 11. The lowest BCUT2D eigenvalue weighted by atomic mass is 9.95. The van der Waals surface area contributed by atoms with Gasteiger partial charge in [-0.15, -0.1) is 0 Å². The zero-order chi connectivity index (χ0) is 30.6. The summed E-state index contributed by atoms with van der Waals surface area (Å²) in [5.41, 5.74) is 2.84. The molecule has 6 rings (SSSR count). The summed E-state index contributed by atoms with van der Waals surface area (Å²) >= 11 is 0. The summed E-state index contributed by atoms with van der Waals surface area (Å²) in [6, 6.07) is 10.9. The highest BCUT2D eigenvalue weighted by Gasteiger charge is 2.49. The van der Waals surface area contributed by atoms with E-state index in [9.17, 15) is 45.4 Å². The van der Waals surface area contributed by atoms with Crippen LogP contribution in [0.15, 0.2) is 46.2 Å². The van der Waals surface area contributed by atoms with Crippen molar-refractivity contribution in [2.45, 2.75) is 88.9 Å². The number of rotatable bonds is 3. The van der Waals surface area contributed by atoms with Gasteiger partial charge in [-0.3, -0.25) is 0 Å². The fourth-order valence-electron chi connectivity index (χ4n) is 5.80. The maximum Gasteiger partial charge on any atom is 0.147 e. The van der Waals surface area contributed by atoms with Gasteiger partial charge in [-0.2, -0.15) is 0 Å². The molecule has 9 N–H and O–H groups in total. The summed E-state index contributed by atoms with van der Waals surface area (Å²) in [5, 5.41) is 79.8. The summed E-state index contributed by atoms with van der Waals surface area (Å²) in [4.78, 5) is 1.51. The van der Waals surface area contributed by atoms with Crippen molar-refractivity contribution in [3.63, 3.8) is 0 Å². The van der Waals surface area contributed by atoms with Gasteiger partial charge in [0, 0.05) is 26.2 Å². The molecule has 43 heavy (non-hydrogen) atoms. The molecule has 2 aromatic carbocycles. The molecule has 3 heterocycles. The van der Waals surface area contributed by atoms with E-state index in [0.29, 0.717) is 11.1 Å². The number of hydrogen-bond donors (Lipinski definition) is 9. The van der Waals surface area contributed by atoms with E-state index in [2.05, 4.69) is 23.7 Å². The summed E-state index contributed by atoms with van der Waals surface area (Å²) in [6.45, 7) is -1.10. The molecule has 0 spiro atoms. The lowest BCUT2D eigenvalue weighted by Gasteiger charge is -2.37. The first-order valence-electron chi connectivity index (χ1n) is 14.1. The van der Waals surface area contributed by atoms with Gasteiger partial charge in [0.15, 0.2) is 0 Å². The first kappa shape index (κ1) is 30.5. The molecule has 2 aromatic rings. The summed E-state index contributed by atoms with van der Waals surface area (Å²) < 4.78 is 23.2. The minimum atomic E-state index is -2.45. The fraction of sp³-hybridized carbons (Fsp3) is 0.484. The molecule has 3 fully saturated rings. The average Bonchev–Trinajstić information content (AvgIpc) is 3.85. The summed E-state index contributed by atoms with van der Waals surface area (Å²) in [6.07, 6.45) is -11.6. The number of aliphatic hydroxyl groups is 8. The van der Waals surface area contributed by atoms with Crippen LogP contribution in [0.25, 0.3) is 11.1 Å². The molecular formula is C31H34O11S. The Morgan fingerprint density at radius 1 is 0.628 bits per heavy atom. The highest BCUT2D eigenvalue weighted by Crippen LogP contribution is 2.76. The van der Waals surface area contributed by atoms with Crippen molar-refractivity contribution < 1.29 is 54.9 Å². The normalized spacial score (nSPS) is 39.7. The van der Waals surface area contributed by atoms with E-state index in [1.807, 2.05) is 24.3 Å². The van der Waals surface area contributed by atoms with Crippen molar-refractivity contribution in [3.05, 3.63) is 47.5 Å². The highest BCUT2D eigenvalue weighted by molar-refractivity contribution is 8.30. The highest BCUT2D eigenvalue weighted by atomic mass is 32.3. The first-order valence-corrected chi connectivity index (χ1v) is 15.7. The fourth-order valence-corrected chi connectivity index (χ4v) is 9.21. The van der Waals surface area contributed by atoms with Crippen LogP contribution in [-0.4, -0.2) is 125 Å². The van der Waals surface area contributed by atoms with E-state index in [-0.39, 0.29) is 5.25 Å². The van der Waals surface area contributed by atoms with Crippen LogP contribution in [0.3, 0.4) is 0 Å². The van der Waals surface area contributed by atoms with Crippen molar-refractivity contribution in [1.29, 1.82) is 0 Å². The van der Waals surface area contributed by atoms with E-state index in [0.717, 1.165) is 33.8 Å². The Morgan fingerprint density at radius 3 is 1.42 bits per heavy atom. The molecule has 230 valence electrons. The van der Waals surface area contributed by atoms with Gasteiger partial charge in [0.05, 0.1) is 13.2 Å². The Hall–Kier alpha value is -2.53. The monoisotopic (exact) mass is 614 g/mol. The van der Waals surface area contributed by atoms with Crippen LogP contribution in [0.1, 0.15) is 24.0 Å². The Balaban J connectivity index is 1.29. The van der Waals surface area contributed by atoms with Crippen LogP contribution in [-0.2, 0) is 9.47 Å². The van der Waals surface area contributed by atoms with E-state index in [1.54, 1.807) is 12.1 Å². The van der Waals surface area contributed by atoms with Gasteiger partial charge in [0.1, 0.15) is 61.0 Å². The minimum Gasteiger partial charge on any atom is -0.394 e. The Kier molecular flexibility index (Phi) is 8.34. The molecule has 0 amide bonds. The standard InChI is InChI=1S/C31H34O11S/c32-13-22-28(36)30(38)26(34)20(41-22)9-3-15-1-7-18-19-8-2-16(12-25(19)43(40,17-5-6-17)24(18)11-15)4-10-21-27(35)31(39)29(37)23(14-33)42-21/h1-2,7-8,11-12,17,20-23,26-40H,5-6,13-14H2/t20-,21-,22-,23-,26-,27-,28-,29-,30-,31-/m1/s1. The SMILES string of the molecule is OC[C@H]1O[C@H](C#Cc2ccc3c(c2)S(O)(C2CC2)c2cc(C#C[C@H]4O[C@H](CO)[C@@H](O)[C@H](O)[C@@H]4O)ccc2-3)[C@@H](O)[C@@H](O)[C@@H]1O. The van der Waals surface area contributed by atoms with E-state index in [1.165, 1.54) is 0 Å². The Labute approximate surface area is 249 Å². The van der Waals surface area contributed by atoms with Gasteiger partial charge >= 0.3 is 0 Å². The first-order chi connectivity index (χ1) is 20.6. The quantitative estimate of drug-likeness (QED) is 0.190. The molecule has 0 aromatic heterocycles. The molecule has 2 saturated heterocycles. The summed E-state index contributed by atoms with van der Waals surface area (Å²) in [7, 11) is -2.45. The molecule has 0 radical (unpaired) electrons. The average molecular weight is 615 g/mol. The van der Waals surface area contributed by atoms with Gasteiger partial charge in [0.25, 0.3) is 0 Å². The molecule has 11 nitrogen and oxygen atoms in total. The topological polar surface area (TPSA) is 201 Å². The van der Waals surface area contributed by atoms with Gasteiger partial charge < -0.3 is 54.9 Å². The Bertz CT molecular complexity index is 1400. The predicted molar refractivity (Wildman–Crippen MR) is 153 cm³/mol. The summed E-state index contributed by atoms with van der Waals surface area (Å²) in [5.74, 6) is 11.5. The lowest BCUT2D eigenvalue weighted by Crippen LogP contribution is -2.58. The molecule has 4 aliphatic rings. The second-order valence-electron chi connectivity index (χ2n) is 11.3. The Morgan fingerprint density at radius 2 is 1.05 bits per heavy atom. The number of benzene rings is 2. The third kappa shape index (κ3) is 5.28. The molecule has 3 aliphatic heterocycles. The molecule has 10 atom stereocenters. The van der Waals surface area contributed by atoms with Crippen LogP contribution in [0, 0.1) is 23.7 Å². The number of ether oxygens (including phenoxy) is 2. The number of aliphatic hydroxyl groups excluding tert-OH is 8. The lowest BCUT2D eigenvalue weighted by molar-refractivity contribution is -0.214. The maximum atomic E-state index is 12.2. The molecule has 0 unspecified atom stereocenters. The van der Waals surface area contributed by atoms with Crippen LogP contribution in [0.5, 0.6) is 0 Å². The molecular weight excluding hydrogens is 580 g/mol. The predicted octanol–water partition coefficient (Wildman–Crippen LogP) is -1.09. The van der Waals surface area contributed by atoms with Gasteiger partial charge in [0.2, 0.25) is 0 Å². The third-order valence-electron chi connectivity index (χ3n) is 8.43. The zero-order valence-electron chi connectivity index (χ0n) is 22.9. The molecule has 0 bridgehead atoms. The van der Waals surface area contributed by atoms with Crippen LogP contribution >= 0.6 is 10.3 Å².